The molecule has 154 valence electrons. The monoisotopic (exact) mass is 420 g/mol. The minimum Gasteiger partial charge on any atom is -0.482 e. The van der Waals surface area contributed by atoms with E-state index in [0.29, 0.717) is 0 Å². The van der Waals surface area contributed by atoms with Gasteiger partial charge in [0.05, 0.1) is 5.52 Å². The van der Waals surface area contributed by atoms with Crippen molar-refractivity contribution in [2.45, 2.75) is 50.9 Å². The van der Waals surface area contributed by atoms with Gasteiger partial charge in [0.25, 0.3) is 5.24 Å². The molecule has 1 fully saturated rings. The largest absolute Gasteiger partial charge is 0.482 e. The van der Waals surface area contributed by atoms with Crippen molar-refractivity contribution in [3.63, 3.8) is 0 Å². The van der Waals surface area contributed by atoms with Crippen molar-refractivity contribution in [2.75, 3.05) is 0 Å². The molecule has 1 N–H and O–H groups in total. The highest BCUT2D eigenvalue weighted by molar-refractivity contribution is 8.15. The van der Waals surface area contributed by atoms with Gasteiger partial charge in [-0.1, -0.05) is 29.5 Å². The van der Waals surface area contributed by atoms with E-state index in [4.69, 9.17) is 4.74 Å². The van der Waals surface area contributed by atoms with E-state index in [-0.39, 0.29) is 22.3 Å². The maximum atomic E-state index is 12.2. The lowest BCUT2D eigenvalue weighted by atomic mass is 9.85. The van der Waals surface area contributed by atoms with Gasteiger partial charge in [-0.05, 0) is 68.5 Å². The highest BCUT2D eigenvalue weighted by Crippen LogP contribution is 2.47. The lowest BCUT2D eigenvalue weighted by molar-refractivity contribution is -0.119. The molecular weight excluding hydrogens is 396 g/mol. The van der Waals surface area contributed by atoms with E-state index in [1.54, 1.807) is 6.20 Å². The van der Waals surface area contributed by atoms with Crippen LogP contribution < -0.4 is 10.1 Å². The maximum Gasteiger partial charge on any atom is 0.286 e. The molecule has 1 aromatic heterocycles. The van der Waals surface area contributed by atoms with Crippen LogP contribution in [0.4, 0.5) is 4.79 Å². The molecule has 0 bridgehead atoms. The van der Waals surface area contributed by atoms with Crippen molar-refractivity contribution in [2.24, 2.45) is 5.92 Å². The SMILES string of the molecule is Cc1cc(C)c2nccc(OC3(C)C=CC4=C(CC[C@H]4C4SC(=O)NC4=O)C3)c2c1. The number of aromatic nitrogens is 1. The smallest absolute Gasteiger partial charge is 0.286 e. The molecule has 1 saturated heterocycles. The number of carbonyl (C=O) groups excluding carboxylic acids is 2. The number of thioether (sulfide) groups is 1. The maximum absolute atomic E-state index is 12.2. The topological polar surface area (TPSA) is 68.3 Å². The predicted molar refractivity (Wildman–Crippen MR) is 119 cm³/mol. The normalized spacial score (nSPS) is 28.2. The number of hydrogen-bond donors (Lipinski definition) is 1. The molecule has 3 atom stereocenters. The van der Waals surface area contributed by atoms with E-state index in [9.17, 15) is 9.59 Å². The fourth-order valence-electron chi connectivity index (χ4n) is 5.02. The van der Waals surface area contributed by atoms with Crippen LogP contribution in [0.5, 0.6) is 5.75 Å². The minimum atomic E-state index is -0.458. The van der Waals surface area contributed by atoms with Crippen LogP contribution in [0, 0.1) is 19.8 Å². The number of rotatable bonds is 3. The van der Waals surface area contributed by atoms with Gasteiger partial charge in [-0.15, -0.1) is 0 Å². The Morgan fingerprint density at radius 1 is 1.27 bits per heavy atom. The number of pyridine rings is 1. The Hall–Kier alpha value is -2.60. The molecule has 2 aromatic rings. The van der Waals surface area contributed by atoms with Gasteiger partial charge in [0.1, 0.15) is 16.6 Å². The van der Waals surface area contributed by atoms with Gasteiger partial charge in [-0.2, -0.15) is 0 Å². The van der Waals surface area contributed by atoms with Crippen molar-refractivity contribution < 1.29 is 14.3 Å². The number of nitrogens with one attached hydrogen (secondary N) is 1. The highest BCUT2D eigenvalue weighted by atomic mass is 32.2. The van der Waals surface area contributed by atoms with Crippen molar-refractivity contribution in [1.29, 1.82) is 0 Å². The summed E-state index contributed by atoms with van der Waals surface area (Å²) in [5, 5.41) is 2.91. The summed E-state index contributed by atoms with van der Waals surface area (Å²) in [7, 11) is 0. The summed E-state index contributed by atoms with van der Waals surface area (Å²) in [5.41, 5.74) is 5.39. The van der Waals surface area contributed by atoms with E-state index < -0.39 is 5.60 Å². The number of imide groups is 1. The van der Waals surface area contributed by atoms with Crippen LogP contribution in [0.15, 0.2) is 47.7 Å². The number of carbonyl (C=O) groups is 2. The van der Waals surface area contributed by atoms with Crippen LogP contribution in [0.2, 0.25) is 0 Å². The fraction of sp³-hybridized carbons (Fsp3) is 0.375. The van der Waals surface area contributed by atoms with E-state index in [0.717, 1.165) is 53.2 Å². The first-order valence-corrected chi connectivity index (χ1v) is 11.2. The molecule has 5 rings (SSSR count). The predicted octanol–water partition coefficient (Wildman–Crippen LogP) is 5.01. The van der Waals surface area contributed by atoms with Gasteiger partial charge in [0, 0.05) is 23.9 Å². The lowest BCUT2D eigenvalue weighted by Gasteiger charge is -2.32. The van der Waals surface area contributed by atoms with E-state index in [1.807, 2.05) is 6.07 Å². The second-order valence-corrected chi connectivity index (χ2v) is 9.85. The molecule has 30 heavy (non-hydrogen) atoms. The number of fused-ring (bicyclic) bond motifs is 1. The zero-order valence-corrected chi connectivity index (χ0v) is 18.1. The van der Waals surface area contributed by atoms with Gasteiger partial charge in [0.15, 0.2) is 0 Å². The Labute approximate surface area is 180 Å². The third-order valence-corrected chi connectivity index (χ3v) is 7.42. The quantitative estimate of drug-likeness (QED) is 0.756. The zero-order valence-electron chi connectivity index (χ0n) is 17.3. The Bertz CT molecular complexity index is 1150. The van der Waals surface area contributed by atoms with Crippen molar-refractivity contribution in [3.8, 4) is 5.75 Å². The summed E-state index contributed by atoms with van der Waals surface area (Å²) in [6.07, 6.45) is 8.67. The standard InChI is InChI=1S/C24H24N2O3S/c1-13-10-14(2)20-18(11-13)19(7-9-25-20)29-24(3)8-6-16-15(12-24)4-5-17(16)21-22(27)26-23(28)30-21/h6-11,17,21H,4-5,12H2,1-3H3,(H,26,27,28)/t17-,21?,24?/m1/s1. The van der Waals surface area contributed by atoms with Crippen LogP contribution in [0.1, 0.15) is 37.3 Å². The molecule has 0 radical (unpaired) electrons. The van der Waals surface area contributed by atoms with Gasteiger partial charge >= 0.3 is 0 Å². The van der Waals surface area contributed by atoms with Crippen molar-refractivity contribution >= 4 is 33.8 Å². The molecule has 2 amide bonds. The average molecular weight is 421 g/mol. The Morgan fingerprint density at radius 3 is 2.87 bits per heavy atom. The zero-order chi connectivity index (χ0) is 21.0. The summed E-state index contributed by atoms with van der Waals surface area (Å²) < 4.78 is 6.57. The van der Waals surface area contributed by atoms with Gasteiger partial charge in [-0.25, -0.2) is 0 Å². The summed E-state index contributed by atoms with van der Waals surface area (Å²) in [5.74, 6) is 0.786. The Kier molecular flexibility index (Phi) is 4.51. The lowest BCUT2D eigenvalue weighted by Crippen LogP contribution is -2.33. The Morgan fingerprint density at radius 2 is 2.10 bits per heavy atom. The van der Waals surface area contributed by atoms with E-state index >= 15 is 0 Å². The van der Waals surface area contributed by atoms with E-state index in [1.165, 1.54) is 16.7 Å². The molecule has 2 heterocycles. The summed E-state index contributed by atoms with van der Waals surface area (Å²) in [6, 6.07) is 6.20. The van der Waals surface area contributed by atoms with Gasteiger partial charge in [0.2, 0.25) is 5.91 Å². The molecular formula is C24H24N2O3S. The van der Waals surface area contributed by atoms with Crippen molar-refractivity contribution in [3.05, 3.63) is 58.8 Å². The second kappa shape index (κ2) is 6.98. The molecule has 5 nitrogen and oxygen atoms in total. The molecule has 2 unspecified atom stereocenters. The third kappa shape index (κ3) is 3.23. The molecule has 1 aliphatic heterocycles. The van der Waals surface area contributed by atoms with Crippen LogP contribution >= 0.6 is 11.8 Å². The summed E-state index contributed by atoms with van der Waals surface area (Å²) >= 11 is 1.13. The molecule has 2 aliphatic carbocycles. The highest BCUT2D eigenvalue weighted by Gasteiger charge is 2.44. The van der Waals surface area contributed by atoms with Gasteiger partial charge in [-0.3, -0.25) is 19.9 Å². The van der Waals surface area contributed by atoms with Crippen molar-refractivity contribution in [1.82, 2.24) is 10.3 Å². The number of nitrogens with zero attached hydrogens (tertiary/aromatic N) is 1. The third-order valence-electron chi connectivity index (χ3n) is 6.31. The number of allylic oxidation sites excluding steroid dienone is 2. The number of benzene rings is 1. The number of ether oxygens (including phenoxy) is 1. The fourth-order valence-corrected chi connectivity index (χ4v) is 6.02. The molecule has 3 aliphatic rings. The first-order chi connectivity index (χ1) is 14.3. The van der Waals surface area contributed by atoms with Crippen LogP contribution in [-0.4, -0.2) is 27.0 Å². The summed E-state index contributed by atoms with van der Waals surface area (Å²) in [4.78, 5) is 28.3. The van der Waals surface area contributed by atoms with E-state index in [2.05, 4.69) is 55.4 Å². The van der Waals surface area contributed by atoms with Gasteiger partial charge < -0.3 is 4.74 Å². The molecule has 0 saturated carbocycles. The van der Waals surface area contributed by atoms with Crippen LogP contribution in [0.3, 0.4) is 0 Å². The van der Waals surface area contributed by atoms with Crippen LogP contribution in [0.25, 0.3) is 10.9 Å². The molecule has 0 spiro atoms. The molecule has 6 heteroatoms. The minimum absolute atomic E-state index is 0.101. The first-order valence-electron chi connectivity index (χ1n) is 10.3. The summed E-state index contributed by atoms with van der Waals surface area (Å²) in [6.45, 7) is 6.27. The molecule has 1 aromatic carbocycles. The number of aryl methyl sites for hydroxylation is 2. The van der Waals surface area contributed by atoms with Crippen LogP contribution in [-0.2, 0) is 4.79 Å². The number of hydrogen-bond acceptors (Lipinski definition) is 5. The average Bonchev–Trinajstić information content (AvgIpc) is 3.23. The second-order valence-electron chi connectivity index (χ2n) is 8.73. The Balaban J connectivity index is 1.42. The number of amides is 2. The first kappa shape index (κ1) is 19.4.